The summed E-state index contributed by atoms with van der Waals surface area (Å²) in [6, 6.07) is 2.41. The number of pyridine rings is 1. The Hall–Kier alpha value is -2.50. The molecule has 1 aromatic heterocycles. The Balaban J connectivity index is 2.25. The zero-order chi connectivity index (χ0) is 21.1. The van der Waals surface area contributed by atoms with Gasteiger partial charge in [0.2, 0.25) is 5.88 Å². The molecule has 8 nitrogen and oxygen atoms in total. The molecule has 1 aromatic carbocycles. The standard InChI is InChI=1S/C16H16ClF2N3O5S/c1-8(2)26-16-11(17)4-9(7-21-16)27-14-6-12(18)10(5-13(14)19)15(23)22-28(24,25)20-3/h4-8,20H,1-3H3,(H,22,23). The van der Waals surface area contributed by atoms with Gasteiger partial charge in [-0.2, -0.15) is 8.42 Å². The van der Waals surface area contributed by atoms with Gasteiger partial charge < -0.3 is 9.47 Å². The lowest BCUT2D eigenvalue weighted by molar-refractivity contribution is 0.0976. The number of amides is 1. The number of nitrogens with one attached hydrogen (secondary N) is 2. The molecule has 0 fully saturated rings. The number of hydrogen-bond donors (Lipinski definition) is 2. The first-order valence-electron chi connectivity index (χ1n) is 7.77. The van der Waals surface area contributed by atoms with E-state index < -0.39 is 39.1 Å². The number of nitrogens with zero attached hydrogens (tertiary/aromatic N) is 1. The van der Waals surface area contributed by atoms with E-state index in [2.05, 4.69) is 4.98 Å². The summed E-state index contributed by atoms with van der Waals surface area (Å²) < 4.78 is 64.9. The smallest absolute Gasteiger partial charge is 0.301 e. The maximum absolute atomic E-state index is 14.2. The molecule has 0 aliphatic heterocycles. The quantitative estimate of drug-likeness (QED) is 0.692. The van der Waals surface area contributed by atoms with E-state index in [1.165, 1.54) is 17.0 Å². The minimum absolute atomic E-state index is 0.00521. The number of hydrogen-bond acceptors (Lipinski definition) is 6. The molecule has 0 aliphatic rings. The molecule has 0 bridgehead atoms. The average molecular weight is 436 g/mol. The van der Waals surface area contributed by atoms with Crippen molar-refractivity contribution in [1.82, 2.24) is 14.4 Å². The molecule has 1 heterocycles. The topological polar surface area (TPSA) is 107 Å². The van der Waals surface area contributed by atoms with Crippen molar-refractivity contribution in [2.24, 2.45) is 0 Å². The van der Waals surface area contributed by atoms with Crippen LogP contribution in [0.5, 0.6) is 17.4 Å². The highest BCUT2D eigenvalue weighted by Gasteiger charge is 2.21. The van der Waals surface area contributed by atoms with Gasteiger partial charge in [0.05, 0.1) is 17.9 Å². The minimum Gasteiger partial charge on any atom is -0.474 e. The van der Waals surface area contributed by atoms with Crippen molar-refractivity contribution in [3.63, 3.8) is 0 Å². The van der Waals surface area contributed by atoms with Gasteiger partial charge in [0, 0.05) is 19.2 Å². The molecule has 1 amide bonds. The Morgan fingerprint density at radius 1 is 1.21 bits per heavy atom. The van der Waals surface area contributed by atoms with E-state index in [0.29, 0.717) is 12.1 Å². The van der Waals surface area contributed by atoms with E-state index in [1.54, 1.807) is 13.8 Å². The van der Waals surface area contributed by atoms with Crippen LogP contribution in [0.2, 0.25) is 5.02 Å². The van der Waals surface area contributed by atoms with Gasteiger partial charge in [-0.25, -0.2) is 23.2 Å². The lowest BCUT2D eigenvalue weighted by Gasteiger charge is -2.12. The summed E-state index contributed by atoms with van der Waals surface area (Å²) in [5, 5.41) is 0.0975. The molecule has 0 saturated carbocycles. The van der Waals surface area contributed by atoms with Crippen LogP contribution in [0, 0.1) is 11.6 Å². The highest BCUT2D eigenvalue weighted by atomic mass is 35.5. The van der Waals surface area contributed by atoms with Crippen LogP contribution < -0.4 is 18.9 Å². The number of benzene rings is 1. The Kier molecular flexibility index (Phi) is 6.75. The second-order valence-electron chi connectivity index (χ2n) is 5.63. The van der Waals surface area contributed by atoms with Gasteiger partial charge >= 0.3 is 10.2 Å². The summed E-state index contributed by atoms with van der Waals surface area (Å²) in [5.74, 6) is -4.06. The molecule has 0 aliphatic carbocycles. The van der Waals surface area contributed by atoms with Crippen molar-refractivity contribution in [3.8, 4) is 17.4 Å². The summed E-state index contributed by atoms with van der Waals surface area (Å²) >= 11 is 6.00. The summed E-state index contributed by atoms with van der Waals surface area (Å²) in [4.78, 5) is 15.7. The second-order valence-corrected chi connectivity index (χ2v) is 7.65. The molecule has 0 atom stereocenters. The van der Waals surface area contributed by atoms with Crippen molar-refractivity contribution in [3.05, 3.63) is 46.6 Å². The Labute approximate surface area is 165 Å². The minimum atomic E-state index is -4.18. The molecule has 152 valence electrons. The summed E-state index contributed by atoms with van der Waals surface area (Å²) in [6.45, 7) is 3.56. The van der Waals surface area contributed by atoms with Crippen LogP contribution in [0.15, 0.2) is 24.4 Å². The molecule has 0 unspecified atom stereocenters. The molecule has 28 heavy (non-hydrogen) atoms. The van der Waals surface area contributed by atoms with Gasteiger partial charge in [-0.05, 0) is 19.9 Å². The van der Waals surface area contributed by atoms with Crippen LogP contribution in [0.1, 0.15) is 24.2 Å². The number of halogens is 3. The lowest BCUT2D eigenvalue weighted by atomic mass is 10.2. The van der Waals surface area contributed by atoms with E-state index in [1.807, 2.05) is 4.72 Å². The fraction of sp³-hybridized carbons (Fsp3) is 0.250. The van der Waals surface area contributed by atoms with Gasteiger partial charge in [0.15, 0.2) is 11.6 Å². The predicted octanol–water partition coefficient (Wildman–Crippen LogP) is 2.79. The van der Waals surface area contributed by atoms with E-state index >= 15 is 0 Å². The van der Waals surface area contributed by atoms with Gasteiger partial charge in [-0.15, -0.1) is 0 Å². The second kappa shape index (κ2) is 8.67. The molecule has 12 heteroatoms. The van der Waals surface area contributed by atoms with Crippen LogP contribution in [0.4, 0.5) is 8.78 Å². The molecular formula is C16H16ClF2N3O5S. The van der Waals surface area contributed by atoms with Crippen LogP contribution in [0.3, 0.4) is 0 Å². The highest BCUT2D eigenvalue weighted by Crippen LogP contribution is 2.31. The number of aromatic nitrogens is 1. The van der Waals surface area contributed by atoms with Crippen molar-refractivity contribution < 1.29 is 31.5 Å². The van der Waals surface area contributed by atoms with E-state index in [-0.39, 0.29) is 22.8 Å². The van der Waals surface area contributed by atoms with Gasteiger partial charge in [0.1, 0.15) is 16.6 Å². The van der Waals surface area contributed by atoms with Crippen LogP contribution >= 0.6 is 11.6 Å². The zero-order valence-electron chi connectivity index (χ0n) is 14.9. The van der Waals surface area contributed by atoms with Crippen LogP contribution in [0.25, 0.3) is 0 Å². The van der Waals surface area contributed by atoms with Gasteiger partial charge in [-0.3, -0.25) is 4.79 Å². The van der Waals surface area contributed by atoms with Crippen molar-refractivity contribution in [2.45, 2.75) is 20.0 Å². The van der Waals surface area contributed by atoms with Gasteiger partial charge in [0.25, 0.3) is 5.91 Å². The third-order valence-corrected chi connectivity index (χ3v) is 4.38. The SMILES string of the molecule is CNS(=O)(=O)NC(=O)c1cc(F)c(Oc2cnc(OC(C)C)c(Cl)c2)cc1F. The Morgan fingerprint density at radius 2 is 1.89 bits per heavy atom. The monoisotopic (exact) mass is 435 g/mol. The first-order chi connectivity index (χ1) is 13.0. The maximum Gasteiger partial charge on any atom is 0.301 e. The fourth-order valence-electron chi connectivity index (χ4n) is 1.91. The highest BCUT2D eigenvalue weighted by molar-refractivity contribution is 7.88. The predicted molar refractivity (Wildman–Crippen MR) is 96.9 cm³/mol. The Bertz CT molecular complexity index is 1000. The molecular weight excluding hydrogens is 420 g/mol. The van der Waals surface area contributed by atoms with Crippen LogP contribution in [-0.4, -0.2) is 32.5 Å². The molecule has 0 radical (unpaired) electrons. The first-order valence-corrected chi connectivity index (χ1v) is 9.63. The largest absolute Gasteiger partial charge is 0.474 e. The summed E-state index contributed by atoms with van der Waals surface area (Å²) in [6.07, 6.45) is 1.02. The number of rotatable bonds is 7. The van der Waals surface area contributed by atoms with Crippen LogP contribution in [-0.2, 0) is 10.2 Å². The van der Waals surface area contributed by atoms with E-state index in [0.717, 1.165) is 7.05 Å². The molecule has 2 rings (SSSR count). The normalized spacial score (nSPS) is 11.4. The first kappa shape index (κ1) is 21.8. The molecule has 2 aromatic rings. The van der Waals surface area contributed by atoms with Gasteiger partial charge in [-0.1, -0.05) is 11.6 Å². The van der Waals surface area contributed by atoms with Crippen molar-refractivity contribution >= 4 is 27.7 Å². The molecule has 0 saturated heterocycles. The average Bonchev–Trinajstić information content (AvgIpc) is 2.59. The Morgan fingerprint density at radius 3 is 2.46 bits per heavy atom. The third-order valence-electron chi connectivity index (χ3n) is 3.12. The summed E-state index contributed by atoms with van der Waals surface area (Å²) in [5.41, 5.74) is -0.819. The number of ether oxygens (including phenoxy) is 2. The number of carbonyl (C=O) groups is 1. The van der Waals surface area contributed by atoms with Crippen molar-refractivity contribution in [2.75, 3.05) is 7.05 Å². The fourth-order valence-corrected chi connectivity index (χ4v) is 2.57. The van der Waals surface area contributed by atoms with Crippen molar-refractivity contribution in [1.29, 1.82) is 0 Å². The maximum atomic E-state index is 14.2. The van der Waals surface area contributed by atoms with E-state index in [9.17, 15) is 22.0 Å². The number of carbonyl (C=O) groups excluding carboxylic acids is 1. The lowest BCUT2D eigenvalue weighted by Crippen LogP contribution is -2.38. The molecule has 2 N–H and O–H groups in total. The molecule has 0 spiro atoms. The third kappa shape index (κ3) is 5.50. The zero-order valence-corrected chi connectivity index (χ0v) is 16.5. The summed E-state index contributed by atoms with van der Waals surface area (Å²) in [7, 11) is -3.14. The van der Waals surface area contributed by atoms with E-state index in [4.69, 9.17) is 21.1 Å².